The highest BCUT2D eigenvalue weighted by atomic mass is 16.6. The van der Waals surface area contributed by atoms with Gasteiger partial charge in [0.2, 0.25) is 11.8 Å². The SMILES string of the molecule is O=C1CCC(N2Cc3c(cccc3N(Cc3ccc([N+](=O)[O-])cc3)C(=O)O)C2=O)C(=O)N1. The van der Waals surface area contributed by atoms with Crippen LogP contribution in [0.4, 0.5) is 16.2 Å². The first kappa shape index (κ1) is 21.0. The molecular weight excluding hydrogens is 420 g/mol. The van der Waals surface area contributed by atoms with E-state index in [2.05, 4.69) is 5.32 Å². The highest BCUT2D eigenvalue weighted by Crippen LogP contribution is 2.35. The third kappa shape index (κ3) is 3.75. The molecule has 0 saturated carbocycles. The molecule has 2 aliphatic heterocycles. The minimum atomic E-state index is -1.26. The van der Waals surface area contributed by atoms with Crippen molar-refractivity contribution in [2.24, 2.45) is 0 Å². The third-order valence-corrected chi connectivity index (χ3v) is 5.57. The second-order valence-electron chi connectivity index (χ2n) is 7.50. The molecule has 4 amide bonds. The highest BCUT2D eigenvalue weighted by molar-refractivity contribution is 6.06. The summed E-state index contributed by atoms with van der Waals surface area (Å²) in [6, 6.07) is 9.41. The van der Waals surface area contributed by atoms with Gasteiger partial charge < -0.3 is 10.0 Å². The molecular formula is C21H18N4O7. The number of hydrogen-bond donors (Lipinski definition) is 2. The van der Waals surface area contributed by atoms with E-state index in [0.29, 0.717) is 16.7 Å². The van der Waals surface area contributed by atoms with Gasteiger partial charge >= 0.3 is 6.09 Å². The van der Waals surface area contributed by atoms with Crippen LogP contribution in [0, 0.1) is 10.1 Å². The molecule has 4 rings (SSSR count). The zero-order valence-electron chi connectivity index (χ0n) is 16.7. The van der Waals surface area contributed by atoms with Gasteiger partial charge in [-0.05, 0) is 24.1 Å². The van der Waals surface area contributed by atoms with E-state index < -0.39 is 34.8 Å². The Morgan fingerprint density at radius 3 is 2.53 bits per heavy atom. The van der Waals surface area contributed by atoms with Crippen LogP contribution in [0.3, 0.4) is 0 Å². The molecule has 0 spiro atoms. The van der Waals surface area contributed by atoms with Gasteiger partial charge in [0.25, 0.3) is 11.6 Å². The predicted octanol–water partition coefficient (Wildman–Crippen LogP) is 2.04. The normalized spacial score (nSPS) is 17.7. The van der Waals surface area contributed by atoms with Gasteiger partial charge in [-0.15, -0.1) is 0 Å². The van der Waals surface area contributed by atoms with Crippen molar-refractivity contribution in [3.8, 4) is 0 Å². The maximum atomic E-state index is 13.0. The smallest absolute Gasteiger partial charge is 0.412 e. The van der Waals surface area contributed by atoms with Crippen molar-refractivity contribution in [2.75, 3.05) is 4.90 Å². The minimum absolute atomic E-state index is 0.0284. The number of nitro groups is 1. The summed E-state index contributed by atoms with van der Waals surface area (Å²) in [5, 5.41) is 22.9. The molecule has 2 aliphatic rings. The van der Waals surface area contributed by atoms with Gasteiger partial charge in [0.1, 0.15) is 6.04 Å². The van der Waals surface area contributed by atoms with Gasteiger partial charge in [0, 0.05) is 36.2 Å². The fourth-order valence-electron chi connectivity index (χ4n) is 3.98. The quantitative estimate of drug-likeness (QED) is 0.412. The van der Waals surface area contributed by atoms with E-state index >= 15 is 0 Å². The number of imide groups is 1. The zero-order valence-corrected chi connectivity index (χ0v) is 16.7. The van der Waals surface area contributed by atoms with Crippen LogP contribution in [0.5, 0.6) is 0 Å². The minimum Gasteiger partial charge on any atom is -0.465 e. The van der Waals surface area contributed by atoms with Crippen LogP contribution in [-0.2, 0) is 22.7 Å². The maximum absolute atomic E-state index is 13.0. The summed E-state index contributed by atoms with van der Waals surface area (Å²) < 4.78 is 0. The molecule has 2 heterocycles. The average molecular weight is 438 g/mol. The number of nitrogens with zero attached hydrogens (tertiary/aromatic N) is 3. The molecule has 2 N–H and O–H groups in total. The van der Waals surface area contributed by atoms with E-state index in [1.165, 1.54) is 29.2 Å². The van der Waals surface area contributed by atoms with Crippen molar-refractivity contribution in [3.63, 3.8) is 0 Å². The average Bonchev–Trinajstić information content (AvgIpc) is 3.09. The number of fused-ring (bicyclic) bond motifs is 1. The molecule has 2 aromatic rings. The largest absolute Gasteiger partial charge is 0.465 e. The number of nitro benzene ring substituents is 1. The molecule has 0 aromatic heterocycles. The first-order valence-corrected chi connectivity index (χ1v) is 9.76. The summed E-state index contributed by atoms with van der Waals surface area (Å²) in [4.78, 5) is 61.4. The molecule has 0 radical (unpaired) electrons. The fraction of sp³-hybridized carbons (Fsp3) is 0.238. The van der Waals surface area contributed by atoms with Gasteiger partial charge in [-0.1, -0.05) is 18.2 Å². The molecule has 11 nitrogen and oxygen atoms in total. The number of hydrogen-bond acceptors (Lipinski definition) is 6. The molecule has 1 saturated heterocycles. The van der Waals surface area contributed by atoms with Crippen LogP contribution in [0.2, 0.25) is 0 Å². The Balaban J connectivity index is 1.63. The van der Waals surface area contributed by atoms with Crippen LogP contribution in [0.15, 0.2) is 42.5 Å². The number of piperidine rings is 1. The molecule has 11 heteroatoms. The Hall–Kier alpha value is -4.28. The van der Waals surface area contributed by atoms with E-state index in [9.17, 15) is 34.4 Å². The van der Waals surface area contributed by atoms with Crippen molar-refractivity contribution >= 4 is 35.2 Å². The van der Waals surface area contributed by atoms with Crippen molar-refractivity contribution in [1.29, 1.82) is 0 Å². The maximum Gasteiger partial charge on any atom is 0.412 e. The van der Waals surface area contributed by atoms with E-state index in [-0.39, 0.29) is 37.3 Å². The van der Waals surface area contributed by atoms with Crippen molar-refractivity contribution in [3.05, 3.63) is 69.3 Å². The molecule has 2 aromatic carbocycles. The Morgan fingerprint density at radius 2 is 1.91 bits per heavy atom. The number of amides is 4. The standard InChI is InChI=1S/C21H18N4O7/c26-18-9-8-17(19(27)22-18)23-11-15-14(20(23)28)2-1-3-16(15)24(21(29)30)10-12-4-6-13(7-5-12)25(31)32/h1-7,17H,8-11H2,(H,29,30)(H,22,26,27). The Morgan fingerprint density at radius 1 is 1.19 bits per heavy atom. The van der Waals surface area contributed by atoms with Gasteiger partial charge in [-0.3, -0.25) is 34.7 Å². The summed E-state index contributed by atoms with van der Waals surface area (Å²) >= 11 is 0. The second-order valence-corrected chi connectivity index (χ2v) is 7.50. The Kier molecular flexibility index (Phi) is 5.31. The number of benzene rings is 2. The molecule has 1 atom stereocenters. The molecule has 0 aliphatic carbocycles. The van der Waals surface area contributed by atoms with E-state index in [1.807, 2.05) is 0 Å². The van der Waals surface area contributed by atoms with E-state index in [0.717, 1.165) is 4.90 Å². The monoisotopic (exact) mass is 438 g/mol. The van der Waals surface area contributed by atoms with Crippen LogP contribution in [-0.4, -0.2) is 44.8 Å². The summed E-state index contributed by atoms with van der Waals surface area (Å²) in [5.74, 6) is -1.35. The predicted molar refractivity (Wildman–Crippen MR) is 110 cm³/mol. The first-order valence-electron chi connectivity index (χ1n) is 9.76. The number of rotatable bonds is 5. The highest BCUT2D eigenvalue weighted by Gasteiger charge is 2.40. The van der Waals surface area contributed by atoms with Crippen molar-refractivity contribution in [2.45, 2.75) is 32.0 Å². The Labute approximate surface area is 181 Å². The molecule has 1 fully saturated rings. The summed E-state index contributed by atoms with van der Waals surface area (Å²) in [5.41, 5.74) is 1.47. The topological polar surface area (TPSA) is 150 Å². The molecule has 164 valence electrons. The molecule has 32 heavy (non-hydrogen) atoms. The lowest BCUT2D eigenvalue weighted by Gasteiger charge is -2.29. The lowest BCUT2D eigenvalue weighted by molar-refractivity contribution is -0.384. The number of nitrogens with one attached hydrogen (secondary N) is 1. The van der Waals surface area contributed by atoms with Gasteiger partial charge in [0.05, 0.1) is 17.2 Å². The lowest BCUT2D eigenvalue weighted by atomic mass is 10.0. The van der Waals surface area contributed by atoms with Gasteiger partial charge in [-0.25, -0.2) is 4.79 Å². The number of anilines is 1. The first-order chi connectivity index (χ1) is 15.3. The number of carbonyl (C=O) groups is 4. The van der Waals surface area contributed by atoms with Crippen LogP contribution in [0.1, 0.15) is 34.3 Å². The summed E-state index contributed by atoms with van der Waals surface area (Å²) in [7, 11) is 0. The van der Waals surface area contributed by atoms with E-state index in [4.69, 9.17) is 0 Å². The lowest BCUT2D eigenvalue weighted by Crippen LogP contribution is -2.52. The summed E-state index contributed by atoms with van der Waals surface area (Å²) in [6.07, 6.45) is -0.945. The zero-order chi connectivity index (χ0) is 23.0. The van der Waals surface area contributed by atoms with Crippen molar-refractivity contribution in [1.82, 2.24) is 10.2 Å². The van der Waals surface area contributed by atoms with Crippen LogP contribution >= 0.6 is 0 Å². The third-order valence-electron chi connectivity index (χ3n) is 5.57. The fourth-order valence-corrected chi connectivity index (χ4v) is 3.98. The molecule has 1 unspecified atom stereocenters. The number of non-ortho nitro benzene ring substituents is 1. The van der Waals surface area contributed by atoms with Gasteiger partial charge in [0.15, 0.2) is 0 Å². The Bertz CT molecular complexity index is 1150. The van der Waals surface area contributed by atoms with Crippen LogP contribution < -0.4 is 10.2 Å². The van der Waals surface area contributed by atoms with E-state index in [1.54, 1.807) is 18.2 Å². The van der Waals surface area contributed by atoms with Crippen LogP contribution in [0.25, 0.3) is 0 Å². The number of carbonyl (C=O) groups excluding carboxylic acids is 3. The van der Waals surface area contributed by atoms with Gasteiger partial charge in [-0.2, -0.15) is 0 Å². The number of carboxylic acid groups (broad SMARTS) is 1. The second kappa shape index (κ2) is 8.10. The molecule has 0 bridgehead atoms. The van der Waals surface area contributed by atoms with Crippen molar-refractivity contribution < 1.29 is 29.2 Å². The summed E-state index contributed by atoms with van der Waals surface area (Å²) in [6.45, 7) is -0.0585.